The Labute approximate surface area is 141 Å². The number of carboxylic acids is 1. The van der Waals surface area contributed by atoms with Gasteiger partial charge in [0.25, 0.3) is 0 Å². The van der Waals surface area contributed by atoms with Crippen LogP contribution in [0.15, 0.2) is 60.7 Å². The fraction of sp³-hybridized carbons (Fsp3) is 0.300. The van der Waals surface area contributed by atoms with Gasteiger partial charge in [-0.1, -0.05) is 60.7 Å². The molecule has 1 saturated heterocycles. The van der Waals surface area contributed by atoms with E-state index in [2.05, 4.69) is 29.2 Å². The van der Waals surface area contributed by atoms with E-state index in [4.69, 9.17) is 5.11 Å². The van der Waals surface area contributed by atoms with E-state index < -0.39 is 5.97 Å². The standard InChI is InChI=1S/C20H21NO3/c22-18(14-19(23)24)13-17-11-12-21(17)20(15-7-3-1-4-8-15)16-9-5-2-6-10-16/h1-10,17,20H,11-14H2,(H,23,24). The zero-order chi connectivity index (χ0) is 16.9. The van der Waals surface area contributed by atoms with Gasteiger partial charge in [0.1, 0.15) is 12.2 Å². The topological polar surface area (TPSA) is 57.6 Å². The third-order valence-electron chi connectivity index (χ3n) is 4.56. The largest absolute Gasteiger partial charge is 0.481 e. The third kappa shape index (κ3) is 3.71. The van der Waals surface area contributed by atoms with Crippen LogP contribution in [0, 0.1) is 0 Å². The van der Waals surface area contributed by atoms with E-state index in [-0.39, 0.29) is 24.3 Å². The van der Waals surface area contributed by atoms with E-state index in [1.54, 1.807) is 0 Å². The molecule has 1 fully saturated rings. The average Bonchev–Trinajstić information content (AvgIpc) is 2.57. The number of benzene rings is 2. The number of hydrogen-bond acceptors (Lipinski definition) is 3. The molecule has 124 valence electrons. The van der Waals surface area contributed by atoms with Crippen LogP contribution in [0.1, 0.15) is 36.4 Å². The molecule has 3 rings (SSSR count). The maximum Gasteiger partial charge on any atom is 0.310 e. The van der Waals surface area contributed by atoms with Crippen LogP contribution in [0.3, 0.4) is 0 Å². The molecule has 2 aromatic carbocycles. The zero-order valence-electron chi connectivity index (χ0n) is 13.5. The average molecular weight is 323 g/mol. The molecule has 4 heteroatoms. The predicted octanol–water partition coefficient (Wildman–Crippen LogP) is 3.28. The van der Waals surface area contributed by atoms with E-state index in [9.17, 15) is 9.59 Å². The SMILES string of the molecule is O=C(O)CC(=O)CC1CCN1C(c1ccccc1)c1ccccc1. The van der Waals surface area contributed by atoms with Crippen molar-refractivity contribution in [3.05, 3.63) is 71.8 Å². The minimum atomic E-state index is -1.05. The van der Waals surface area contributed by atoms with Crippen molar-refractivity contribution in [2.45, 2.75) is 31.3 Å². The second-order valence-electron chi connectivity index (χ2n) is 6.22. The van der Waals surface area contributed by atoms with Crippen molar-refractivity contribution in [1.29, 1.82) is 0 Å². The molecule has 2 aromatic rings. The molecule has 1 N–H and O–H groups in total. The van der Waals surface area contributed by atoms with Crippen LogP contribution in [-0.4, -0.2) is 34.3 Å². The Bertz CT molecular complexity index is 660. The fourth-order valence-electron chi connectivity index (χ4n) is 3.37. The van der Waals surface area contributed by atoms with E-state index in [0.29, 0.717) is 6.42 Å². The van der Waals surface area contributed by atoms with E-state index in [1.165, 1.54) is 11.1 Å². The summed E-state index contributed by atoms with van der Waals surface area (Å²) in [6.45, 7) is 0.916. The van der Waals surface area contributed by atoms with Crippen molar-refractivity contribution in [3.63, 3.8) is 0 Å². The van der Waals surface area contributed by atoms with Crippen LogP contribution in [0.25, 0.3) is 0 Å². The maximum absolute atomic E-state index is 11.9. The Morgan fingerprint density at radius 1 is 1.00 bits per heavy atom. The molecule has 1 heterocycles. The van der Waals surface area contributed by atoms with Gasteiger partial charge in [0.15, 0.2) is 0 Å². The van der Waals surface area contributed by atoms with Gasteiger partial charge >= 0.3 is 5.97 Å². The number of nitrogens with zero attached hydrogens (tertiary/aromatic N) is 1. The number of hydrogen-bond donors (Lipinski definition) is 1. The molecule has 0 radical (unpaired) electrons. The summed E-state index contributed by atoms with van der Waals surface area (Å²) in [5, 5.41) is 8.78. The van der Waals surface area contributed by atoms with Gasteiger partial charge in [0.2, 0.25) is 0 Å². The second-order valence-corrected chi connectivity index (χ2v) is 6.22. The number of likely N-dealkylation sites (tertiary alicyclic amines) is 1. The summed E-state index contributed by atoms with van der Waals surface area (Å²) in [5.41, 5.74) is 2.39. The van der Waals surface area contributed by atoms with Crippen LogP contribution in [-0.2, 0) is 9.59 Å². The van der Waals surface area contributed by atoms with Gasteiger partial charge in [0, 0.05) is 19.0 Å². The lowest BCUT2D eigenvalue weighted by Gasteiger charge is -2.46. The van der Waals surface area contributed by atoms with Gasteiger partial charge in [-0.15, -0.1) is 0 Å². The number of carbonyl (C=O) groups excluding carboxylic acids is 1. The summed E-state index contributed by atoms with van der Waals surface area (Å²) in [6, 6.07) is 20.7. The van der Waals surface area contributed by atoms with Crippen molar-refractivity contribution in [2.75, 3.05) is 6.54 Å². The maximum atomic E-state index is 11.9. The van der Waals surface area contributed by atoms with Crippen LogP contribution in [0.4, 0.5) is 0 Å². The van der Waals surface area contributed by atoms with Gasteiger partial charge < -0.3 is 5.11 Å². The lowest BCUT2D eigenvalue weighted by atomic mass is 9.88. The molecule has 1 aliphatic heterocycles. The van der Waals surface area contributed by atoms with Crippen molar-refractivity contribution < 1.29 is 14.7 Å². The quantitative estimate of drug-likeness (QED) is 0.795. The molecular weight excluding hydrogens is 302 g/mol. The molecule has 1 unspecified atom stereocenters. The van der Waals surface area contributed by atoms with Crippen LogP contribution in [0.2, 0.25) is 0 Å². The van der Waals surface area contributed by atoms with Crippen molar-refractivity contribution in [3.8, 4) is 0 Å². The lowest BCUT2D eigenvalue weighted by molar-refractivity contribution is -0.140. The number of aliphatic carboxylic acids is 1. The highest BCUT2D eigenvalue weighted by molar-refractivity contribution is 5.95. The normalized spacial score (nSPS) is 17.5. The molecular formula is C20H21NO3. The van der Waals surface area contributed by atoms with E-state index in [1.807, 2.05) is 36.4 Å². The summed E-state index contributed by atoms with van der Waals surface area (Å²) < 4.78 is 0. The monoisotopic (exact) mass is 323 g/mol. The van der Waals surface area contributed by atoms with Gasteiger partial charge in [0.05, 0.1) is 6.04 Å². The Balaban J connectivity index is 1.81. The first-order valence-electron chi connectivity index (χ1n) is 8.24. The predicted molar refractivity (Wildman–Crippen MR) is 91.7 cm³/mol. The van der Waals surface area contributed by atoms with Crippen LogP contribution < -0.4 is 0 Å². The van der Waals surface area contributed by atoms with Gasteiger partial charge in [-0.3, -0.25) is 14.5 Å². The Morgan fingerprint density at radius 2 is 1.54 bits per heavy atom. The molecule has 1 atom stereocenters. The summed E-state index contributed by atoms with van der Waals surface area (Å²) in [7, 11) is 0. The van der Waals surface area contributed by atoms with Gasteiger partial charge in [-0.25, -0.2) is 0 Å². The minimum absolute atomic E-state index is 0.101. The van der Waals surface area contributed by atoms with E-state index >= 15 is 0 Å². The summed E-state index contributed by atoms with van der Waals surface area (Å²) in [6.07, 6.45) is 0.857. The number of carboxylic acid groups (broad SMARTS) is 1. The van der Waals surface area contributed by atoms with Gasteiger partial charge in [-0.05, 0) is 17.5 Å². The minimum Gasteiger partial charge on any atom is -0.481 e. The molecule has 0 saturated carbocycles. The van der Waals surface area contributed by atoms with Gasteiger partial charge in [-0.2, -0.15) is 0 Å². The number of ketones is 1. The Morgan fingerprint density at radius 3 is 1.96 bits per heavy atom. The molecule has 0 bridgehead atoms. The Kier molecular flexibility index (Phi) is 5.06. The van der Waals surface area contributed by atoms with Crippen molar-refractivity contribution in [2.24, 2.45) is 0 Å². The molecule has 0 aromatic heterocycles. The Hall–Kier alpha value is -2.46. The van der Waals surface area contributed by atoms with Crippen LogP contribution in [0.5, 0.6) is 0 Å². The third-order valence-corrected chi connectivity index (χ3v) is 4.56. The van der Waals surface area contributed by atoms with Crippen molar-refractivity contribution in [1.82, 2.24) is 4.90 Å². The lowest BCUT2D eigenvalue weighted by Crippen LogP contribution is -2.50. The summed E-state index contributed by atoms with van der Waals surface area (Å²) >= 11 is 0. The van der Waals surface area contributed by atoms with E-state index in [0.717, 1.165) is 13.0 Å². The summed E-state index contributed by atoms with van der Waals surface area (Å²) in [4.78, 5) is 24.9. The first-order chi connectivity index (χ1) is 11.6. The number of Topliss-reactive ketones (excluding diaryl/α,β-unsaturated/α-hetero) is 1. The first-order valence-corrected chi connectivity index (χ1v) is 8.24. The first kappa shape index (κ1) is 16.4. The fourth-order valence-corrected chi connectivity index (χ4v) is 3.37. The molecule has 0 amide bonds. The highest BCUT2D eigenvalue weighted by Gasteiger charge is 2.36. The smallest absolute Gasteiger partial charge is 0.310 e. The second kappa shape index (κ2) is 7.41. The highest BCUT2D eigenvalue weighted by atomic mass is 16.4. The summed E-state index contributed by atoms with van der Waals surface area (Å²) in [5.74, 6) is -1.24. The number of rotatable bonds is 7. The molecule has 24 heavy (non-hydrogen) atoms. The zero-order valence-corrected chi connectivity index (χ0v) is 13.5. The molecule has 0 spiro atoms. The molecule has 1 aliphatic rings. The molecule has 4 nitrogen and oxygen atoms in total. The van der Waals surface area contributed by atoms with Crippen molar-refractivity contribution >= 4 is 11.8 Å². The molecule has 0 aliphatic carbocycles. The van der Waals surface area contributed by atoms with Crippen LogP contribution >= 0.6 is 0 Å². The highest BCUT2D eigenvalue weighted by Crippen LogP contribution is 2.36. The number of carbonyl (C=O) groups is 2.